The van der Waals surface area contributed by atoms with Crippen molar-refractivity contribution in [2.45, 2.75) is 37.5 Å². The fraction of sp³-hybridized carbons (Fsp3) is 0.435. The van der Waals surface area contributed by atoms with Crippen molar-refractivity contribution in [3.05, 3.63) is 53.6 Å². The summed E-state index contributed by atoms with van der Waals surface area (Å²) < 4.78 is 38.2. The lowest BCUT2D eigenvalue weighted by molar-refractivity contribution is -0.121. The molecule has 1 aliphatic rings. The van der Waals surface area contributed by atoms with E-state index < -0.39 is 10.0 Å². The van der Waals surface area contributed by atoms with Gasteiger partial charge in [0.15, 0.2) is 0 Å². The molecular formula is C23H30N2O5S. The Morgan fingerprint density at radius 3 is 2.55 bits per heavy atom. The fourth-order valence-corrected chi connectivity index (χ4v) is 5.16. The number of methoxy groups -OCH3 is 1. The molecule has 1 heterocycles. The van der Waals surface area contributed by atoms with Gasteiger partial charge in [-0.2, -0.15) is 4.31 Å². The molecule has 0 radical (unpaired) electrons. The van der Waals surface area contributed by atoms with E-state index in [-0.39, 0.29) is 17.2 Å². The Balaban J connectivity index is 1.54. The molecule has 3 rings (SSSR count). The van der Waals surface area contributed by atoms with Gasteiger partial charge in [0.1, 0.15) is 18.1 Å². The number of carbonyl (C=O) groups is 1. The molecule has 7 nitrogen and oxygen atoms in total. The Labute approximate surface area is 184 Å². The number of nitrogens with one attached hydrogen (secondary N) is 1. The van der Waals surface area contributed by atoms with Crippen molar-refractivity contribution in [2.75, 3.05) is 33.4 Å². The van der Waals surface area contributed by atoms with Crippen LogP contribution in [0.4, 0.5) is 0 Å². The molecule has 1 N–H and O–H groups in total. The molecule has 2 aromatic carbocycles. The summed E-state index contributed by atoms with van der Waals surface area (Å²) in [6.45, 7) is 3.85. The van der Waals surface area contributed by atoms with Gasteiger partial charge >= 0.3 is 0 Å². The van der Waals surface area contributed by atoms with Crippen molar-refractivity contribution in [3.8, 4) is 11.5 Å². The average Bonchev–Trinajstić information content (AvgIpc) is 3.32. The van der Waals surface area contributed by atoms with E-state index in [4.69, 9.17) is 9.47 Å². The molecule has 1 amide bonds. The van der Waals surface area contributed by atoms with Crippen molar-refractivity contribution in [3.63, 3.8) is 0 Å². The molecule has 1 aliphatic heterocycles. The van der Waals surface area contributed by atoms with E-state index in [9.17, 15) is 13.2 Å². The smallest absolute Gasteiger partial charge is 0.243 e. The predicted octanol–water partition coefficient (Wildman–Crippen LogP) is 2.92. The van der Waals surface area contributed by atoms with E-state index in [2.05, 4.69) is 5.32 Å². The van der Waals surface area contributed by atoms with Gasteiger partial charge in [-0.1, -0.05) is 18.2 Å². The lowest BCUT2D eigenvalue weighted by atomic mass is 10.1. The SMILES string of the molecule is COc1ccc(S(=O)(=O)N2CCCC2)cc1CCC(=O)NCCOc1ccccc1C. The number of hydrogen-bond acceptors (Lipinski definition) is 5. The third kappa shape index (κ3) is 5.98. The monoisotopic (exact) mass is 446 g/mol. The summed E-state index contributed by atoms with van der Waals surface area (Å²) in [6.07, 6.45) is 2.39. The van der Waals surface area contributed by atoms with Crippen LogP contribution in [-0.2, 0) is 21.2 Å². The van der Waals surface area contributed by atoms with Crippen molar-refractivity contribution >= 4 is 15.9 Å². The number of ether oxygens (including phenoxy) is 2. The maximum absolute atomic E-state index is 12.8. The van der Waals surface area contributed by atoms with Crippen LogP contribution in [0.3, 0.4) is 0 Å². The second kappa shape index (κ2) is 10.6. The highest BCUT2D eigenvalue weighted by Gasteiger charge is 2.27. The molecule has 0 aromatic heterocycles. The average molecular weight is 447 g/mol. The van der Waals surface area contributed by atoms with E-state index in [1.807, 2.05) is 31.2 Å². The molecule has 0 aliphatic carbocycles. The van der Waals surface area contributed by atoms with Gasteiger partial charge in [0, 0.05) is 19.5 Å². The summed E-state index contributed by atoms with van der Waals surface area (Å²) in [5, 5.41) is 2.84. The van der Waals surface area contributed by atoms with E-state index in [1.165, 1.54) is 11.4 Å². The standard InChI is InChI=1S/C23H30N2O5S/c1-18-7-3-4-8-21(18)30-16-13-24-23(26)12-9-19-17-20(10-11-22(19)29-2)31(27,28)25-14-5-6-15-25/h3-4,7-8,10-11,17H,5-6,9,12-16H2,1-2H3,(H,24,26). The molecule has 0 saturated carbocycles. The van der Waals surface area contributed by atoms with Gasteiger partial charge in [-0.15, -0.1) is 0 Å². The number of sulfonamides is 1. The van der Waals surface area contributed by atoms with Crippen LogP contribution in [0.15, 0.2) is 47.4 Å². The van der Waals surface area contributed by atoms with Crippen LogP contribution in [0.1, 0.15) is 30.4 Å². The number of hydrogen-bond donors (Lipinski definition) is 1. The predicted molar refractivity (Wildman–Crippen MR) is 119 cm³/mol. The molecule has 1 fully saturated rings. The molecule has 1 saturated heterocycles. The molecule has 31 heavy (non-hydrogen) atoms. The summed E-state index contributed by atoms with van der Waals surface area (Å²) in [7, 11) is -1.97. The quantitative estimate of drug-likeness (QED) is 0.567. The summed E-state index contributed by atoms with van der Waals surface area (Å²) in [5.41, 5.74) is 1.75. The van der Waals surface area contributed by atoms with E-state index >= 15 is 0 Å². The molecular weight excluding hydrogens is 416 g/mol. The Kier molecular flexibility index (Phi) is 7.92. The van der Waals surface area contributed by atoms with Gasteiger partial charge in [0.2, 0.25) is 15.9 Å². The zero-order valence-corrected chi connectivity index (χ0v) is 18.9. The van der Waals surface area contributed by atoms with E-state index in [0.29, 0.717) is 44.0 Å². The molecule has 0 atom stereocenters. The van der Waals surface area contributed by atoms with Gasteiger partial charge in [-0.3, -0.25) is 4.79 Å². The van der Waals surface area contributed by atoms with Crippen molar-refractivity contribution in [2.24, 2.45) is 0 Å². The zero-order chi connectivity index (χ0) is 22.3. The first kappa shape index (κ1) is 23.1. The van der Waals surface area contributed by atoms with Crippen LogP contribution >= 0.6 is 0 Å². The van der Waals surface area contributed by atoms with Crippen molar-refractivity contribution in [1.82, 2.24) is 9.62 Å². The summed E-state index contributed by atoms with van der Waals surface area (Å²) in [4.78, 5) is 12.5. The summed E-state index contributed by atoms with van der Waals surface area (Å²) in [6, 6.07) is 12.6. The second-order valence-electron chi connectivity index (χ2n) is 7.55. The van der Waals surface area contributed by atoms with Gasteiger partial charge in [-0.05, 0) is 61.6 Å². The van der Waals surface area contributed by atoms with Crippen LogP contribution in [-0.4, -0.2) is 52.0 Å². The number of rotatable bonds is 10. The molecule has 2 aromatic rings. The topological polar surface area (TPSA) is 84.9 Å². The normalized spacial score (nSPS) is 14.4. The molecule has 8 heteroatoms. The minimum atomic E-state index is -3.51. The maximum Gasteiger partial charge on any atom is 0.243 e. The third-order valence-electron chi connectivity index (χ3n) is 5.35. The minimum absolute atomic E-state index is 0.122. The van der Waals surface area contributed by atoms with Crippen LogP contribution in [0.5, 0.6) is 11.5 Å². The molecule has 0 bridgehead atoms. The van der Waals surface area contributed by atoms with Gasteiger partial charge in [0.25, 0.3) is 0 Å². The van der Waals surface area contributed by atoms with E-state index in [0.717, 1.165) is 24.2 Å². The van der Waals surface area contributed by atoms with Gasteiger partial charge in [0.05, 0.1) is 18.6 Å². The number of nitrogens with zero attached hydrogens (tertiary/aromatic N) is 1. The number of aryl methyl sites for hydroxylation is 2. The summed E-state index contributed by atoms with van der Waals surface area (Å²) >= 11 is 0. The lowest BCUT2D eigenvalue weighted by Gasteiger charge is -2.17. The highest BCUT2D eigenvalue weighted by atomic mass is 32.2. The largest absolute Gasteiger partial charge is 0.496 e. The first-order valence-corrected chi connectivity index (χ1v) is 12.0. The Hall–Kier alpha value is -2.58. The Morgan fingerprint density at radius 2 is 1.84 bits per heavy atom. The minimum Gasteiger partial charge on any atom is -0.496 e. The first-order chi connectivity index (χ1) is 14.9. The third-order valence-corrected chi connectivity index (χ3v) is 7.25. The van der Waals surface area contributed by atoms with Crippen molar-refractivity contribution in [1.29, 1.82) is 0 Å². The van der Waals surface area contributed by atoms with Crippen LogP contribution in [0, 0.1) is 6.92 Å². The fourth-order valence-electron chi connectivity index (χ4n) is 3.59. The van der Waals surface area contributed by atoms with Crippen molar-refractivity contribution < 1.29 is 22.7 Å². The Morgan fingerprint density at radius 1 is 1.10 bits per heavy atom. The first-order valence-electron chi connectivity index (χ1n) is 10.5. The lowest BCUT2D eigenvalue weighted by Crippen LogP contribution is -2.28. The zero-order valence-electron chi connectivity index (χ0n) is 18.1. The number of carbonyl (C=O) groups excluding carboxylic acids is 1. The maximum atomic E-state index is 12.8. The molecule has 0 spiro atoms. The second-order valence-corrected chi connectivity index (χ2v) is 9.49. The number of para-hydroxylation sites is 1. The highest BCUT2D eigenvalue weighted by Crippen LogP contribution is 2.27. The molecule has 0 unspecified atom stereocenters. The Bertz CT molecular complexity index is 1000. The molecule has 168 valence electrons. The highest BCUT2D eigenvalue weighted by molar-refractivity contribution is 7.89. The number of benzene rings is 2. The van der Waals surface area contributed by atoms with Crippen LogP contribution in [0.25, 0.3) is 0 Å². The van der Waals surface area contributed by atoms with Gasteiger partial charge in [-0.25, -0.2) is 8.42 Å². The van der Waals surface area contributed by atoms with Gasteiger partial charge < -0.3 is 14.8 Å². The summed E-state index contributed by atoms with van der Waals surface area (Å²) in [5.74, 6) is 1.26. The van der Waals surface area contributed by atoms with E-state index in [1.54, 1.807) is 18.2 Å². The van der Waals surface area contributed by atoms with Crippen LogP contribution < -0.4 is 14.8 Å². The number of amides is 1. The van der Waals surface area contributed by atoms with Crippen LogP contribution in [0.2, 0.25) is 0 Å².